The van der Waals surface area contributed by atoms with Gasteiger partial charge in [0.2, 0.25) is 35.4 Å². The third kappa shape index (κ3) is 15.0. The predicted molar refractivity (Wildman–Crippen MR) is 219 cm³/mol. The normalized spacial score (nSPS) is 22.8. The van der Waals surface area contributed by atoms with Crippen LogP contribution in [0.2, 0.25) is 0 Å². The smallest absolute Gasteiger partial charge is 0.243 e. The quantitative estimate of drug-likeness (QED) is 0.160. The molecule has 17 heteroatoms. The molecule has 2 aliphatic heterocycles. The second-order valence-electron chi connectivity index (χ2n) is 15.3. The van der Waals surface area contributed by atoms with Gasteiger partial charge in [0.1, 0.15) is 29.9 Å². The van der Waals surface area contributed by atoms with Crippen LogP contribution in [0.4, 0.5) is 0 Å². The highest BCUT2D eigenvalue weighted by Crippen LogP contribution is 2.13. The molecule has 0 aromatic heterocycles. The van der Waals surface area contributed by atoms with Crippen molar-refractivity contribution in [1.29, 1.82) is 0 Å². The lowest BCUT2D eigenvalue weighted by atomic mass is 10.0. The topological polar surface area (TPSA) is 262 Å². The van der Waals surface area contributed by atoms with Crippen LogP contribution in [0.1, 0.15) is 69.9 Å². The maximum atomic E-state index is 13.9. The van der Waals surface area contributed by atoms with Gasteiger partial charge in [-0.25, -0.2) is 0 Å². The average Bonchev–Trinajstić information content (AvgIpc) is 3.73. The summed E-state index contributed by atoms with van der Waals surface area (Å²) in [6, 6.07) is 10.1. The van der Waals surface area contributed by atoms with E-state index < -0.39 is 72.2 Å². The van der Waals surface area contributed by atoms with Gasteiger partial charge < -0.3 is 53.4 Å². The number of phenolic OH excluding ortho intramolecular Hbond substituents is 1. The Hall–Kier alpha value is -5.71. The molecule has 5 atom stereocenters. The average molecular weight is 805 g/mol. The van der Waals surface area contributed by atoms with Gasteiger partial charge in [-0.1, -0.05) is 56.3 Å². The van der Waals surface area contributed by atoms with Crippen LogP contribution in [-0.4, -0.2) is 114 Å². The highest BCUT2D eigenvalue weighted by atomic mass is 16.3. The fraction of sp³-hybridized carbons (Fsp3) is 0.537. The van der Waals surface area contributed by atoms with Crippen LogP contribution in [0, 0.1) is 5.92 Å². The first kappa shape index (κ1) is 45.0. The summed E-state index contributed by atoms with van der Waals surface area (Å²) in [7, 11) is 0. The third-order valence-electron chi connectivity index (χ3n) is 9.99. The van der Waals surface area contributed by atoms with Gasteiger partial charge in [-0.2, -0.15) is 0 Å². The molecule has 1 saturated heterocycles. The van der Waals surface area contributed by atoms with Crippen LogP contribution >= 0.6 is 0 Å². The number of carbonyl (C=O) groups excluding carboxylic acids is 6. The number of aliphatic imine (C=N–C) groups is 1. The molecule has 11 N–H and O–H groups in total. The molecular weight excluding hydrogens is 745 g/mol. The Bertz CT molecular complexity index is 1720. The predicted octanol–water partition coefficient (Wildman–Crippen LogP) is -0.293. The van der Waals surface area contributed by atoms with Crippen molar-refractivity contribution in [3.05, 3.63) is 65.7 Å². The Labute approximate surface area is 339 Å². The number of primary amides is 1. The molecule has 6 amide bonds. The van der Waals surface area contributed by atoms with Crippen molar-refractivity contribution in [3.8, 4) is 5.75 Å². The Kier molecular flexibility index (Phi) is 17.8. The zero-order valence-electron chi connectivity index (χ0n) is 33.5. The van der Waals surface area contributed by atoms with Crippen LogP contribution in [0.3, 0.4) is 0 Å². The van der Waals surface area contributed by atoms with Gasteiger partial charge in [0.15, 0.2) is 5.96 Å². The number of nitrogens with one attached hydrogen (secondary N) is 6. The van der Waals surface area contributed by atoms with Gasteiger partial charge in [-0.15, -0.1) is 0 Å². The van der Waals surface area contributed by atoms with Crippen molar-refractivity contribution in [2.24, 2.45) is 22.4 Å². The Balaban J connectivity index is 1.58. The number of carbonyl (C=O) groups is 6. The molecule has 0 spiro atoms. The summed E-state index contributed by atoms with van der Waals surface area (Å²) in [4.78, 5) is 87.3. The highest BCUT2D eigenvalue weighted by molar-refractivity contribution is 5.95. The monoisotopic (exact) mass is 804 g/mol. The number of nitrogens with two attached hydrogens (primary N) is 2. The number of benzene rings is 2. The zero-order chi connectivity index (χ0) is 42.0. The molecule has 2 aromatic carbocycles. The molecule has 0 saturated carbocycles. The van der Waals surface area contributed by atoms with Crippen molar-refractivity contribution in [1.82, 2.24) is 36.8 Å². The molecule has 0 aliphatic carbocycles. The molecule has 4 rings (SSSR count). The Morgan fingerprint density at radius 2 is 1.53 bits per heavy atom. The molecule has 58 heavy (non-hydrogen) atoms. The number of aromatic hydroxyl groups is 1. The van der Waals surface area contributed by atoms with E-state index in [-0.39, 0.29) is 43.8 Å². The fourth-order valence-electron chi connectivity index (χ4n) is 6.84. The van der Waals surface area contributed by atoms with Crippen molar-refractivity contribution < 1.29 is 33.9 Å². The van der Waals surface area contributed by atoms with Gasteiger partial charge in [0.25, 0.3) is 0 Å². The number of rotatable bonds is 9. The largest absolute Gasteiger partial charge is 0.508 e. The standard InChI is InChI=1S/C41H60N10O7/c1-26(2)22-33-39(57)48-31(36(43)54)12-8-18-44-41(51-20-6-7-21-51)45-19-9-13-32(49-37(55)30(42)23-28-14-16-29(52)17-15-28)38(56)46-25-35(53)47-34(40(58)50-33)24-27-10-4-3-5-11-27/h3-5,10-11,14-17,26,30-34,52H,6-9,12-13,18-25,42H2,1-2H3,(H2,43,54)(H,44,45)(H,46,56)(H,47,53)(H,48,57)(H,49,55)(H,50,58)/t30-,31-,32+,33-,34-/m0/s1. The summed E-state index contributed by atoms with van der Waals surface area (Å²) < 4.78 is 0. The van der Waals surface area contributed by atoms with Gasteiger partial charge in [-0.05, 0) is 80.5 Å². The number of hydrogen-bond donors (Lipinski definition) is 9. The van der Waals surface area contributed by atoms with E-state index >= 15 is 0 Å². The van der Waals surface area contributed by atoms with Crippen LogP contribution in [-0.2, 0) is 41.6 Å². The summed E-state index contributed by atoms with van der Waals surface area (Å²) >= 11 is 0. The minimum absolute atomic E-state index is 0.0272. The lowest BCUT2D eigenvalue weighted by molar-refractivity contribution is -0.134. The van der Waals surface area contributed by atoms with E-state index in [1.807, 2.05) is 19.9 Å². The second-order valence-corrected chi connectivity index (χ2v) is 15.3. The van der Waals surface area contributed by atoms with E-state index in [9.17, 15) is 33.9 Å². The first-order chi connectivity index (χ1) is 27.8. The molecule has 0 radical (unpaired) electrons. The number of guanidine groups is 1. The van der Waals surface area contributed by atoms with E-state index in [1.54, 1.807) is 36.4 Å². The maximum Gasteiger partial charge on any atom is 0.243 e. The molecule has 0 bridgehead atoms. The minimum Gasteiger partial charge on any atom is -0.508 e. The number of phenols is 1. The highest BCUT2D eigenvalue weighted by Gasteiger charge is 2.31. The van der Waals surface area contributed by atoms with Crippen molar-refractivity contribution in [2.75, 3.05) is 32.7 Å². The second kappa shape index (κ2) is 22.9. The van der Waals surface area contributed by atoms with Crippen LogP contribution in [0.5, 0.6) is 5.75 Å². The minimum atomic E-state index is -1.14. The summed E-state index contributed by atoms with van der Waals surface area (Å²) in [5.41, 5.74) is 13.4. The lowest BCUT2D eigenvalue weighted by Crippen LogP contribution is -2.58. The number of nitrogens with zero attached hydrogens (tertiary/aromatic N) is 2. The molecule has 2 aromatic rings. The SMILES string of the molecule is CC(C)C[C@@H]1NC(=O)[C@H](Cc2ccccc2)NC(=O)CNC(=O)[C@H](NC(=O)[C@@H](N)Cc2ccc(O)cc2)CCCNC(N2CCCC2)=NCCC[C@@H](C(N)=O)NC1=O. The fourth-order valence-corrected chi connectivity index (χ4v) is 6.84. The van der Waals surface area contributed by atoms with E-state index in [0.29, 0.717) is 31.9 Å². The van der Waals surface area contributed by atoms with Gasteiger partial charge in [0, 0.05) is 32.6 Å². The van der Waals surface area contributed by atoms with Gasteiger partial charge >= 0.3 is 0 Å². The molecule has 1 fully saturated rings. The van der Waals surface area contributed by atoms with Crippen LogP contribution in [0.25, 0.3) is 0 Å². The first-order valence-electron chi connectivity index (χ1n) is 20.2. The molecule has 17 nitrogen and oxygen atoms in total. The molecule has 2 aliphatic rings. The Morgan fingerprint density at radius 1 is 0.845 bits per heavy atom. The van der Waals surface area contributed by atoms with Crippen molar-refractivity contribution in [2.45, 2.75) is 102 Å². The van der Waals surface area contributed by atoms with E-state index in [0.717, 1.165) is 37.1 Å². The molecular formula is C41H60N10O7. The summed E-state index contributed by atoms with van der Waals surface area (Å²) in [5.74, 6) is -3.06. The first-order valence-corrected chi connectivity index (χ1v) is 20.2. The number of hydrogen-bond acceptors (Lipinski definition) is 11. The van der Waals surface area contributed by atoms with Crippen LogP contribution in [0.15, 0.2) is 59.6 Å². The Morgan fingerprint density at radius 3 is 2.21 bits per heavy atom. The number of amides is 6. The van der Waals surface area contributed by atoms with Gasteiger partial charge in [-0.3, -0.25) is 33.8 Å². The molecule has 0 unspecified atom stereocenters. The summed E-state index contributed by atoms with van der Waals surface area (Å²) in [6.07, 6.45) is 3.76. The van der Waals surface area contributed by atoms with E-state index in [4.69, 9.17) is 16.5 Å². The van der Waals surface area contributed by atoms with E-state index in [1.165, 1.54) is 12.1 Å². The number of likely N-dealkylation sites (tertiary alicyclic amines) is 1. The zero-order valence-corrected chi connectivity index (χ0v) is 33.5. The van der Waals surface area contributed by atoms with Gasteiger partial charge in [0.05, 0.1) is 12.6 Å². The van der Waals surface area contributed by atoms with Crippen molar-refractivity contribution >= 4 is 41.4 Å². The van der Waals surface area contributed by atoms with E-state index in [2.05, 4.69) is 36.8 Å². The third-order valence-corrected chi connectivity index (χ3v) is 9.99. The molecule has 316 valence electrons. The molecule has 2 heterocycles. The summed E-state index contributed by atoms with van der Waals surface area (Å²) in [6.45, 7) is 5.63. The van der Waals surface area contributed by atoms with Crippen molar-refractivity contribution in [3.63, 3.8) is 0 Å². The maximum absolute atomic E-state index is 13.9. The summed E-state index contributed by atoms with van der Waals surface area (Å²) in [5, 5.41) is 26.6. The lowest BCUT2D eigenvalue weighted by Gasteiger charge is -2.26. The van der Waals surface area contributed by atoms with Crippen LogP contribution < -0.4 is 43.4 Å².